The van der Waals surface area contributed by atoms with Crippen molar-refractivity contribution in [3.8, 4) is 5.75 Å². The number of methoxy groups -OCH3 is 1. The molecule has 120 valence electrons. The zero-order valence-electron chi connectivity index (χ0n) is 13.0. The van der Waals surface area contributed by atoms with Crippen molar-refractivity contribution >= 4 is 29.4 Å². The van der Waals surface area contributed by atoms with Crippen LogP contribution in [0.1, 0.15) is 11.1 Å². The van der Waals surface area contributed by atoms with Crippen LogP contribution in [0.3, 0.4) is 0 Å². The molecule has 0 unspecified atom stereocenters. The molecule has 0 spiro atoms. The van der Waals surface area contributed by atoms with Crippen LogP contribution in [0.25, 0.3) is 0 Å². The van der Waals surface area contributed by atoms with Gasteiger partial charge in [-0.3, -0.25) is 4.79 Å². The number of ether oxygens (including phenoxy) is 1. The van der Waals surface area contributed by atoms with Crippen LogP contribution in [-0.4, -0.2) is 25.8 Å². The summed E-state index contributed by atoms with van der Waals surface area (Å²) in [5.74, 6) is 0.439. The molecule has 0 fully saturated rings. The fourth-order valence-electron chi connectivity index (χ4n) is 1.96. The summed E-state index contributed by atoms with van der Waals surface area (Å²) >= 11 is 6.03. The second-order valence-electron chi connectivity index (χ2n) is 4.80. The highest BCUT2D eigenvalue weighted by Crippen LogP contribution is 2.22. The number of rotatable bonds is 6. The average Bonchev–Trinajstić information content (AvgIpc) is 2.56. The number of hydrogen-bond acceptors (Lipinski definition) is 4. The van der Waals surface area contributed by atoms with E-state index in [2.05, 4.69) is 15.8 Å². The number of hydrazone groups is 1. The lowest BCUT2D eigenvalue weighted by Gasteiger charge is -2.09. The molecule has 0 atom stereocenters. The smallest absolute Gasteiger partial charge is 0.259 e. The van der Waals surface area contributed by atoms with Gasteiger partial charge in [-0.05, 0) is 36.8 Å². The molecule has 2 aromatic carbocycles. The molecular weight excluding hydrogens is 314 g/mol. The zero-order chi connectivity index (χ0) is 16.7. The second kappa shape index (κ2) is 8.19. The summed E-state index contributed by atoms with van der Waals surface area (Å²) < 4.78 is 5.20. The maximum Gasteiger partial charge on any atom is 0.259 e. The van der Waals surface area contributed by atoms with Crippen molar-refractivity contribution in [2.75, 3.05) is 19.0 Å². The van der Waals surface area contributed by atoms with Gasteiger partial charge in [0, 0.05) is 16.3 Å². The average molecular weight is 332 g/mol. The summed E-state index contributed by atoms with van der Waals surface area (Å²) in [6.07, 6.45) is 1.54. The van der Waals surface area contributed by atoms with Crippen molar-refractivity contribution in [3.05, 3.63) is 58.6 Å². The molecule has 0 radical (unpaired) electrons. The van der Waals surface area contributed by atoms with Crippen molar-refractivity contribution in [2.45, 2.75) is 6.92 Å². The lowest BCUT2D eigenvalue weighted by Crippen LogP contribution is -2.26. The SMILES string of the molecule is COc1ccccc1/C=N\NC(=O)CNc1cccc(Cl)c1C. The third kappa shape index (κ3) is 4.72. The summed E-state index contributed by atoms with van der Waals surface area (Å²) in [5, 5.41) is 7.62. The zero-order valence-corrected chi connectivity index (χ0v) is 13.7. The summed E-state index contributed by atoms with van der Waals surface area (Å²) in [4.78, 5) is 11.8. The molecule has 1 amide bonds. The first-order valence-corrected chi connectivity index (χ1v) is 7.43. The van der Waals surface area contributed by atoms with E-state index in [-0.39, 0.29) is 12.5 Å². The Morgan fingerprint density at radius 1 is 1.26 bits per heavy atom. The van der Waals surface area contributed by atoms with Crippen LogP contribution in [-0.2, 0) is 4.79 Å². The lowest BCUT2D eigenvalue weighted by atomic mass is 10.2. The number of carbonyl (C=O) groups is 1. The van der Waals surface area contributed by atoms with E-state index in [1.54, 1.807) is 19.4 Å². The van der Waals surface area contributed by atoms with Crippen LogP contribution in [0.15, 0.2) is 47.6 Å². The fourth-order valence-corrected chi connectivity index (χ4v) is 2.14. The highest BCUT2D eigenvalue weighted by molar-refractivity contribution is 6.31. The topological polar surface area (TPSA) is 62.7 Å². The Labute approximate surface area is 140 Å². The van der Waals surface area contributed by atoms with Crippen LogP contribution in [0.4, 0.5) is 5.69 Å². The molecule has 0 saturated carbocycles. The predicted molar refractivity (Wildman–Crippen MR) is 93.4 cm³/mol. The molecule has 2 rings (SSSR count). The monoisotopic (exact) mass is 331 g/mol. The molecule has 5 nitrogen and oxygen atoms in total. The minimum atomic E-state index is -0.254. The van der Waals surface area contributed by atoms with E-state index in [0.29, 0.717) is 10.8 Å². The number of anilines is 1. The number of nitrogens with one attached hydrogen (secondary N) is 2. The van der Waals surface area contributed by atoms with Gasteiger partial charge in [-0.2, -0.15) is 5.10 Å². The molecule has 0 aliphatic rings. The second-order valence-corrected chi connectivity index (χ2v) is 5.21. The quantitative estimate of drug-likeness (QED) is 0.631. The largest absolute Gasteiger partial charge is 0.496 e. The highest BCUT2D eigenvalue weighted by Gasteiger charge is 2.04. The van der Waals surface area contributed by atoms with E-state index in [1.165, 1.54) is 0 Å². The predicted octanol–water partition coefficient (Wildman–Crippen LogP) is 3.22. The van der Waals surface area contributed by atoms with Crippen LogP contribution in [0.2, 0.25) is 5.02 Å². The Hall–Kier alpha value is -2.53. The molecule has 6 heteroatoms. The van der Waals surface area contributed by atoms with E-state index in [1.807, 2.05) is 43.3 Å². The molecule has 0 heterocycles. The first kappa shape index (κ1) is 16.8. The van der Waals surface area contributed by atoms with Gasteiger partial charge in [0.25, 0.3) is 5.91 Å². The summed E-state index contributed by atoms with van der Waals surface area (Å²) in [6, 6.07) is 12.9. The first-order valence-electron chi connectivity index (χ1n) is 7.05. The highest BCUT2D eigenvalue weighted by atomic mass is 35.5. The number of benzene rings is 2. The van der Waals surface area contributed by atoms with Crippen LogP contribution >= 0.6 is 11.6 Å². The number of amides is 1. The fraction of sp³-hybridized carbons (Fsp3) is 0.176. The summed E-state index contributed by atoms with van der Waals surface area (Å²) in [7, 11) is 1.59. The van der Waals surface area contributed by atoms with E-state index in [0.717, 1.165) is 16.8 Å². The molecule has 2 aromatic rings. The Morgan fingerprint density at radius 3 is 2.83 bits per heavy atom. The molecular formula is C17H18ClN3O2. The number of halogens is 1. The third-order valence-corrected chi connectivity index (χ3v) is 3.65. The maximum absolute atomic E-state index is 11.8. The molecule has 0 aromatic heterocycles. The maximum atomic E-state index is 11.8. The molecule has 0 bridgehead atoms. The molecule has 0 aliphatic heterocycles. The molecule has 23 heavy (non-hydrogen) atoms. The van der Waals surface area contributed by atoms with Gasteiger partial charge >= 0.3 is 0 Å². The number of nitrogens with zero attached hydrogens (tertiary/aromatic N) is 1. The number of hydrogen-bond donors (Lipinski definition) is 2. The number of para-hydroxylation sites is 1. The van der Waals surface area contributed by atoms with E-state index < -0.39 is 0 Å². The van der Waals surface area contributed by atoms with Crippen molar-refractivity contribution in [1.29, 1.82) is 0 Å². The van der Waals surface area contributed by atoms with Crippen LogP contribution in [0.5, 0.6) is 5.75 Å². The molecule has 2 N–H and O–H groups in total. The van der Waals surface area contributed by atoms with Gasteiger partial charge in [0.05, 0.1) is 19.9 Å². The van der Waals surface area contributed by atoms with Gasteiger partial charge in [0.1, 0.15) is 5.75 Å². The minimum Gasteiger partial charge on any atom is -0.496 e. The molecule has 0 saturated heterocycles. The van der Waals surface area contributed by atoms with Gasteiger partial charge in [0.15, 0.2) is 0 Å². The van der Waals surface area contributed by atoms with Crippen molar-refractivity contribution in [3.63, 3.8) is 0 Å². The van der Waals surface area contributed by atoms with E-state index >= 15 is 0 Å². The van der Waals surface area contributed by atoms with Crippen molar-refractivity contribution < 1.29 is 9.53 Å². The van der Waals surface area contributed by atoms with Crippen molar-refractivity contribution in [2.24, 2.45) is 5.10 Å². The Balaban J connectivity index is 1.88. The van der Waals surface area contributed by atoms with Crippen molar-refractivity contribution in [1.82, 2.24) is 5.43 Å². The molecule has 0 aliphatic carbocycles. The van der Waals surface area contributed by atoms with E-state index in [4.69, 9.17) is 16.3 Å². The van der Waals surface area contributed by atoms with Gasteiger partial charge in [-0.15, -0.1) is 0 Å². The lowest BCUT2D eigenvalue weighted by molar-refractivity contribution is -0.119. The Morgan fingerprint density at radius 2 is 2.04 bits per heavy atom. The van der Waals surface area contributed by atoms with Crippen LogP contribution < -0.4 is 15.5 Å². The van der Waals surface area contributed by atoms with E-state index in [9.17, 15) is 4.79 Å². The third-order valence-electron chi connectivity index (χ3n) is 3.24. The first-order chi connectivity index (χ1) is 11.1. The Kier molecular flexibility index (Phi) is 6.00. The minimum absolute atomic E-state index is 0.102. The van der Waals surface area contributed by atoms with Crippen LogP contribution in [0, 0.1) is 6.92 Å². The standard InChI is InChI=1S/C17H18ClN3O2/c1-12-14(18)7-5-8-15(12)19-11-17(22)21-20-10-13-6-3-4-9-16(13)23-2/h3-10,19H,11H2,1-2H3,(H,21,22)/b20-10-. The van der Waals surface area contributed by atoms with Gasteiger partial charge in [-0.1, -0.05) is 29.8 Å². The van der Waals surface area contributed by atoms with Gasteiger partial charge in [-0.25, -0.2) is 5.43 Å². The summed E-state index contributed by atoms with van der Waals surface area (Å²) in [6.45, 7) is 1.99. The number of carbonyl (C=O) groups excluding carboxylic acids is 1. The normalized spacial score (nSPS) is 10.6. The van der Waals surface area contributed by atoms with Gasteiger partial charge < -0.3 is 10.1 Å². The van der Waals surface area contributed by atoms with Gasteiger partial charge in [0.2, 0.25) is 0 Å². The Bertz CT molecular complexity index is 717. The summed E-state index contributed by atoms with van der Waals surface area (Å²) in [5.41, 5.74) is 4.98.